The minimum Gasteiger partial charge on any atom is -0.481 e. The van der Waals surface area contributed by atoms with Gasteiger partial charge < -0.3 is 10.4 Å². The summed E-state index contributed by atoms with van der Waals surface area (Å²) in [5.74, 6) is 0.0757. The molecule has 1 aliphatic carbocycles. The first-order chi connectivity index (χ1) is 8.00. The van der Waals surface area contributed by atoms with E-state index in [4.69, 9.17) is 5.11 Å². The van der Waals surface area contributed by atoms with E-state index in [1.165, 1.54) is 12.8 Å². The second kappa shape index (κ2) is 6.62. The lowest BCUT2D eigenvalue weighted by Crippen LogP contribution is -2.44. The minimum atomic E-state index is -0.913. The molecule has 4 nitrogen and oxygen atoms in total. The van der Waals surface area contributed by atoms with Crippen molar-refractivity contribution in [3.05, 3.63) is 0 Å². The third-order valence-electron chi connectivity index (χ3n) is 3.59. The van der Waals surface area contributed by atoms with Crippen LogP contribution in [0.3, 0.4) is 0 Å². The molecule has 0 heterocycles. The average molecular weight is 241 g/mol. The van der Waals surface area contributed by atoms with E-state index in [1.54, 1.807) is 0 Å². The highest BCUT2D eigenvalue weighted by atomic mass is 16.4. The van der Waals surface area contributed by atoms with Crippen LogP contribution >= 0.6 is 0 Å². The zero-order valence-corrected chi connectivity index (χ0v) is 10.7. The predicted molar refractivity (Wildman–Crippen MR) is 65.6 cm³/mol. The Bertz CT molecular complexity index is 276. The highest BCUT2D eigenvalue weighted by molar-refractivity contribution is 5.80. The second-order valence-electron chi connectivity index (χ2n) is 5.26. The summed E-state index contributed by atoms with van der Waals surface area (Å²) in [5, 5.41) is 11.5. The van der Waals surface area contributed by atoms with E-state index in [2.05, 4.69) is 19.2 Å². The third-order valence-corrected chi connectivity index (χ3v) is 3.59. The van der Waals surface area contributed by atoms with E-state index in [9.17, 15) is 9.59 Å². The van der Waals surface area contributed by atoms with Crippen molar-refractivity contribution in [2.75, 3.05) is 0 Å². The maximum atomic E-state index is 11.6. The molecule has 0 aromatic heterocycles. The molecule has 1 rings (SSSR count). The van der Waals surface area contributed by atoms with Crippen molar-refractivity contribution in [1.82, 2.24) is 5.32 Å². The summed E-state index contributed by atoms with van der Waals surface area (Å²) in [6, 6.07) is 0.241. The van der Waals surface area contributed by atoms with Crippen molar-refractivity contribution in [3.8, 4) is 0 Å². The highest BCUT2D eigenvalue weighted by Gasteiger charge is 2.28. The molecule has 0 spiro atoms. The maximum absolute atomic E-state index is 11.6. The first-order valence-corrected chi connectivity index (χ1v) is 6.52. The van der Waals surface area contributed by atoms with Gasteiger partial charge >= 0.3 is 5.97 Å². The molecule has 0 aliphatic heterocycles. The van der Waals surface area contributed by atoms with Gasteiger partial charge in [-0.15, -0.1) is 0 Å². The maximum Gasteiger partial charge on any atom is 0.303 e. The fourth-order valence-electron chi connectivity index (χ4n) is 2.64. The Balaban J connectivity index is 2.41. The van der Waals surface area contributed by atoms with E-state index >= 15 is 0 Å². The van der Waals surface area contributed by atoms with E-state index in [0.717, 1.165) is 12.8 Å². The largest absolute Gasteiger partial charge is 0.481 e. The summed E-state index contributed by atoms with van der Waals surface area (Å²) in [6.07, 6.45) is 4.61. The van der Waals surface area contributed by atoms with Gasteiger partial charge in [0.15, 0.2) is 0 Å². The lowest BCUT2D eigenvalue weighted by molar-refractivity contribution is -0.139. The Hall–Kier alpha value is -1.06. The molecule has 0 bridgehead atoms. The molecule has 0 aromatic rings. The van der Waals surface area contributed by atoms with Crippen LogP contribution in [-0.2, 0) is 9.59 Å². The van der Waals surface area contributed by atoms with Crippen molar-refractivity contribution >= 4 is 11.9 Å². The van der Waals surface area contributed by atoms with Crippen LogP contribution in [0, 0.1) is 11.8 Å². The number of rotatable bonds is 5. The zero-order chi connectivity index (χ0) is 12.8. The number of carbonyl (C=O) groups is 2. The molecular weight excluding hydrogens is 218 g/mol. The third kappa shape index (κ3) is 4.75. The van der Waals surface area contributed by atoms with Gasteiger partial charge in [0.1, 0.15) is 0 Å². The van der Waals surface area contributed by atoms with Gasteiger partial charge in [-0.2, -0.15) is 0 Å². The summed E-state index contributed by atoms with van der Waals surface area (Å²) in [6.45, 7) is 4.37. The van der Waals surface area contributed by atoms with E-state index < -0.39 is 5.97 Å². The Morgan fingerprint density at radius 2 is 1.88 bits per heavy atom. The number of hydrogen-bond acceptors (Lipinski definition) is 2. The summed E-state index contributed by atoms with van der Waals surface area (Å²) in [5.41, 5.74) is 0. The number of carboxylic acids is 1. The number of carbonyl (C=O) groups excluding carboxylic acids is 1. The molecule has 98 valence electrons. The fourth-order valence-corrected chi connectivity index (χ4v) is 2.64. The first-order valence-electron chi connectivity index (χ1n) is 6.52. The van der Waals surface area contributed by atoms with Crippen LogP contribution in [0.2, 0.25) is 0 Å². The normalized spacial score (nSPS) is 24.6. The molecule has 2 atom stereocenters. The predicted octanol–water partition coefficient (Wildman–Crippen LogP) is 2.18. The zero-order valence-electron chi connectivity index (χ0n) is 10.7. The van der Waals surface area contributed by atoms with Crippen LogP contribution < -0.4 is 5.32 Å². The molecule has 1 saturated carbocycles. The molecule has 2 N–H and O–H groups in total. The van der Waals surface area contributed by atoms with Crippen LogP contribution in [0.15, 0.2) is 0 Å². The van der Waals surface area contributed by atoms with Gasteiger partial charge in [0.05, 0.1) is 6.42 Å². The second-order valence-corrected chi connectivity index (χ2v) is 5.26. The molecule has 1 fully saturated rings. The Kier molecular flexibility index (Phi) is 5.45. The van der Waals surface area contributed by atoms with E-state index in [0.29, 0.717) is 11.8 Å². The molecule has 2 unspecified atom stereocenters. The van der Waals surface area contributed by atoms with Gasteiger partial charge in [-0.25, -0.2) is 0 Å². The molecule has 0 saturated heterocycles. The van der Waals surface area contributed by atoms with Crippen LogP contribution in [0.5, 0.6) is 0 Å². The van der Waals surface area contributed by atoms with E-state index in [-0.39, 0.29) is 24.8 Å². The van der Waals surface area contributed by atoms with Crippen LogP contribution in [-0.4, -0.2) is 23.0 Å². The topological polar surface area (TPSA) is 66.4 Å². The van der Waals surface area contributed by atoms with Gasteiger partial charge in [0, 0.05) is 12.5 Å². The van der Waals surface area contributed by atoms with Crippen molar-refractivity contribution < 1.29 is 14.7 Å². The Morgan fingerprint density at radius 1 is 1.24 bits per heavy atom. The van der Waals surface area contributed by atoms with Gasteiger partial charge in [-0.05, 0) is 24.7 Å². The van der Waals surface area contributed by atoms with Gasteiger partial charge in [0.2, 0.25) is 5.91 Å². The molecule has 0 aromatic carbocycles. The quantitative estimate of drug-likeness (QED) is 0.775. The van der Waals surface area contributed by atoms with Crippen LogP contribution in [0.25, 0.3) is 0 Å². The summed E-state index contributed by atoms with van der Waals surface area (Å²) >= 11 is 0. The van der Waals surface area contributed by atoms with Crippen molar-refractivity contribution in [1.29, 1.82) is 0 Å². The molecule has 0 radical (unpaired) electrons. The number of aliphatic carboxylic acids is 1. The molecule has 1 aliphatic rings. The molecule has 1 amide bonds. The van der Waals surface area contributed by atoms with Gasteiger partial charge in [-0.1, -0.05) is 26.7 Å². The van der Waals surface area contributed by atoms with Gasteiger partial charge in [0.25, 0.3) is 0 Å². The number of nitrogens with one attached hydrogen (secondary N) is 1. The summed E-state index contributed by atoms with van der Waals surface area (Å²) < 4.78 is 0. The van der Waals surface area contributed by atoms with Crippen molar-refractivity contribution in [2.45, 2.75) is 58.4 Å². The summed E-state index contributed by atoms with van der Waals surface area (Å²) in [7, 11) is 0. The lowest BCUT2D eigenvalue weighted by atomic mass is 9.78. The van der Waals surface area contributed by atoms with Crippen molar-refractivity contribution in [2.24, 2.45) is 11.8 Å². The monoisotopic (exact) mass is 241 g/mol. The average Bonchev–Trinajstić information content (AvgIpc) is 2.27. The van der Waals surface area contributed by atoms with E-state index in [1.807, 2.05) is 0 Å². The smallest absolute Gasteiger partial charge is 0.303 e. The number of carboxylic acid groups (broad SMARTS) is 1. The number of amides is 1. The summed E-state index contributed by atoms with van der Waals surface area (Å²) in [4.78, 5) is 22.0. The molecular formula is C13H23NO3. The standard InChI is InChI=1S/C13H23NO3/c1-9(2)10-5-3-4-6-11(10)14-12(15)7-8-13(16)17/h9-11H,3-8H2,1-2H3,(H,14,15)(H,16,17). The Labute approximate surface area is 103 Å². The number of hydrogen-bond donors (Lipinski definition) is 2. The molecule has 17 heavy (non-hydrogen) atoms. The first kappa shape index (κ1) is 14.0. The fraction of sp³-hybridized carbons (Fsp3) is 0.846. The van der Waals surface area contributed by atoms with Crippen molar-refractivity contribution in [3.63, 3.8) is 0 Å². The molecule has 4 heteroatoms. The SMILES string of the molecule is CC(C)C1CCCCC1NC(=O)CCC(=O)O. The minimum absolute atomic E-state index is 0.0785. The Morgan fingerprint density at radius 3 is 2.47 bits per heavy atom. The van der Waals surface area contributed by atoms with Crippen LogP contribution in [0.1, 0.15) is 52.4 Å². The van der Waals surface area contributed by atoms with Gasteiger partial charge in [-0.3, -0.25) is 9.59 Å². The van der Waals surface area contributed by atoms with Crippen LogP contribution in [0.4, 0.5) is 0 Å². The lowest BCUT2D eigenvalue weighted by Gasteiger charge is -2.34. The highest BCUT2D eigenvalue weighted by Crippen LogP contribution is 2.30.